The topological polar surface area (TPSA) is 126 Å². The number of rotatable bonds is 2. The summed E-state index contributed by atoms with van der Waals surface area (Å²) in [6.07, 6.45) is 9.46. The Hall–Kier alpha value is -4.48. The number of anilines is 1. The fourth-order valence-electron chi connectivity index (χ4n) is 3.12. The molecule has 0 N–H and O–H groups in total. The molecular formula is C20H19N7O5. The average Bonchev–Trinajstić information content (AvgIpc) is 3.60. The predicted molar refractivity (Wildman–Crippen MR) is 111 cm³/mol. The van der Waals surface area contributed by atoms with Gasteiger partial charge in [0.1, 0.15) is 12.7 Å². The number of carbonyl (C=O) groups is 3. The van der Waals surface area contributed by atoms with E-state index in [0.29, 0.717) is 5.69 Å². The number of aryl methyl sites for hydroxylation is 1. The molecule has 164 valence electrons. The molecule has 12 nitrogen and oxygen atoms in total. The first kappa shape index (κ1) is 20.8. The van der Waals surface area contributed by atoms with Gasteiger partial charge in [-0.1, -0.05) is 0 Å². The summed E-state index contributed by atoms with van der Waals surface area (Å²) in [6.45, 7) is 0.150. The molecule has 0 unspecified atom stereocenters. The highest BCUT2D eigenvalue weighted by Gasteiger charge is 2.37. The van der Waals surface area contributed by atoms with Crippen molar-refractivity contribution < 1.29 is 23.9 Å². The molecule has 1 amide bonds. The van der Waals surface area contributed by atoms with Crippen LogP contribution in [0.3, 0.4) is 0 Å². The minimum Gasteiger partial charge on any atom is -0.466 e. The highest BCUT2D eigenvalue weighted by molar-refractivity contribution is 5.96. The SMILES string of the molecule is COC(=O)[C@H]1CN(c2ccc3c(cnn3C)c2)C(=O)O1.O=C(n1ccnc1)n1ccnc1. The van der Waals surface area contributed by atoms with Crippen LogP contribution >= 0.6 is 0 Å². The Morgan fingerprint density at radius 3 is 2.41 bits per heavy atom. The molecule has 1 saturated heterocycles. The molecule has 32 heavy (non-hydrogen) atoms. The highest BCUT2D eigenvalue weighted by atomic mass is 16.6. The Morgan fingerprint density at radius 1 is 1.12 bits per heavy atom. The number of cyclic esters (lactones) is 1. The van der Waals surface area contributed by atoms with Crippen LogP contribution < -0.4 is 4.90 Å². The molecule has 4 heterocycles. The summed E-state index contributed by atoms with van der Waals surface area (Å²) in [5, 5.41) is 5.06. The molecule has 1 aromatic carbocycles. The van der Waals surface area contributed by atoms with E-state index < -0.39 is 18.2 Å². The molecule has 1 aliphatic rings. The van der Waals surface area contributed by atoms with Gasteiger partial charge >= 0.3 is 18.1 Å². The van der Waals surface area contributed by atoms with Crippen LogP contribution in [0.5, 0.6) is 0 Å². The van der Waals surface area contributed by atoms with Crippen LogP contribution in [0.25, 0.3) is 10.9 Å². The lowest BCUT2D eigenvalue weighted by atomic mass is 10.2. The number of methoxy groups -OCH3 is 1. The number of imidazole rings is 2. The summed E-state index contributed by atoms with van der Waals surface area (Å²) in [6, 6.07) is 5.31. The van der Waals surface area contributed by atoms with Gasteiger partial charge in [-0.25, -0.2) is 24.4 Å². The van der Waals surface area contributed by atoms with Gasteiger partial charge in [-0.3, -0.25) is 18.7 Å². The molecule has 0 spiro atoms. The molecule has 1 atom stereocenters. The van der Waals surface area contributed by atoms with Gasteiger partial charge in [-0.2, -0.15) is 5.10 Å². The van der Waals surface area contributed by atoms with Crippen LogP contribution in [0.4, 0.5) is 15.3 Å². The molecule has 0 bridgehead atoms. The van der Waals surface area contributed by atoms with Crippen molar-refractivity contribution >= 4 is 34.7 Å². The van der Waals surface area contributed by atoms with Crippen molar-refractivity contribution in [3.63, 3.8) is 0 Å². The van der Waals surface area contributed by atoms with Gasteiger partial charge in [0.05, 0.1) is 25.4 Å². The summed E-state index contributed by atoms with van der Waals surface area (Å²) in [7, 11) is 3.11. The Morgan fingerprint density at radius 2 is 1.81 bits per heavy atom. The second-order valence-electron chi connectivity index (χ2n) is 6.74. The molecule has 12 heteroatoms. The quantitative estimate of drug-likeness (QED) is 0.434. The molecule has 0 saturated carbocycles. The minimum absolute atomic E-state index is 0.150. The average molecular weight is 437 g/mol. The molecule has 1 aliphatic heterocycles. The highest BCUT2D eigenvalue weighted by Crippen LogP contribution is 2.26. The number of esters is 1. The van der Waals surface area contributed by atoms with Crippen LogP contribution in [0, 0.1) is 0 Å². The number of amides is 1. The van der Waals surface area contributed by atoms with Crippen LogP contribution in [-0.2, 0) is 21.3 Å². The van der Waals surface area contributed by atoms with Crippen molar-refractivity contribution in [1.29, 1.82) is 0 Å². The van der Waals surface area contributed by atoms with E-state index in [9.17, 15) is 14.4 Å². The number of hydrogen-bond donors (Lipinski definition) is 0. The Bertz CT molecular complexity index is 1210. The van der Waals surface area contributed by atoms with Gasteiger partial charge in [-0.05, 0) is 18.2 Å². The van der Waals surface area contributed by atoms with E-state index in [-0.39, 0.29) is 12.6 Å². The van der Waals surface area contributed by atoms with Crippen molar-refractivity contribution in [3.8, 4) is 0 Å². The molecule has 4 aromatic rings. The Labute approximate surface area is 181 Å². The second-order valence-corrected chi connectivity index (χ2v) is 6.74. The van der Waals surface area contributed by atoms with E-state index >= 15 is 0 Å². The molecule has 3 aromatic heterocycles. The lowest BCUT2D eigenvalue weighted by Crippen LogP contribution is -2.28. The van der Waals surface area contributed by atoms with E-state index in [2.05, 4.69) is 19.8 Å². The lowest BCUT2D eigenvalue weighted by Gasteiger charge is -2.12. The zero-order valence-electron chi connectivity index (χ0n) is 17.2. The minimum atomic E-state index is -0.878. The number of aromatic nitrogens is 6. The summed E-state index contributed by atoms with van der Waals surface area (Å²) in [5.74, 6) is -0.552. The van der Waals surface area contributed by atoms with Crippen molar-refractivity contribution in [1.82, 2.24) is 28.9 Å². The Balaban J connectivity index is 0.000000174. The largest absolute Gasteiger partial charge is 0.466 e. The number of nitrogens with zero attached hydrogens (tertiary/aromatic N) is 7. The molecule has 0 radical (unpaired) electrons. The van der Waals surface area contributed by atoms with Crippen LogP contribution in [0.15, 0.2) is 61.8 Å². The van der Waals surface area contributed by atoms with Crippen LogP contribution in [0.2, 0.25) is 0 Å². The Kier molecular flexibility index (Phi) is 5.66. The number of carbonyl (C=O) groups excluding carboxylic acids is 3. The summed E-state index contributed by atoms with van der Waals surface area (Å²) in [4.78, 5) is 43.6. The van der Waals surface area contributed by atoms with E-state index in [4.69, 9.17) is 4.74 Å². The van der Waals surface area contributed by atoms with E-state index in [1.54, 1.807) is 41.7 Å². The zero-order chi connectivity index (χ0) is 22.7. The smallest absolute Gasteiger partial charge is 0.415 e. The summed E-state index contributed by atoms with van der Waals surface area (Å²) >= 11 is 0. The van der Waals surface area contributed by atoms with E-state index in [1.165, 1.54) is 33.8 Å². The zero-order valence-corrected chi connectivity index (χ0v) is 17.2. The maximum atomic E-state index is 11.8. The van der Waals surface area contributed by atoms with Gasteiger partial charge in [0.2, 0.25) is 6.10 Å². The fraction of sp³-hybridized carbons (Fsp3) is 0.200. The summed E-state index contributed by atoms with van der Waals surface area (Å²) in [5.41, 5.74) is 1.63. The molecular weight excluding hydrogens is 418 g/mol. The normalized spacial score (nSPS) is 15.2. The van der Waals surface area contributed by atoms with Gasteiger partial charge in [-0.15, -0.1) is 0 Å². The van der Waals surface area contributed by atoms with Gasteiger partial charge in [0.25, 0.3) is 0 Å². The first-order chi connectivity index (χ1) is 15.5. The van der Waals surface area contributed by atoms with Crippen LogP contribution in [0.1, 0.15) is 0 Å². The van der Waals surface area contributed by atoms with E-state index in [0.717, 1.165) is 10.9 Å². The fourth-order valence-corrected chi connectivity index (χ4v) is 3.12. The number of benzene rings is 1. The van der Waals surface area contributed by atoms with Crippen molar-refractivity contribution in [2.75, 3.05) is 18.6 Å². The monoisotopic (exact) mass is 437 g/mol. The predicted octanol–water partition coefficient (Wildman–Crippen LogP) is 1.67. The van der Waals surface area contributed by atoms with Gasteiger partial charge in [0.15, 0.2) is 0 Å². The first-order valence-corrected chi connectivity index (χ1v) is 9.46. The van der Waals surface area contributed by atoms with Crippen molar-refractivity contribution in [2.45, 2.75) is 6.10 Å². The molecule has 5 rings (SSSR count). The summed E-state index contributed by atoms with van der Waals surface area (Å²) < 4.78 is 14.1. The maximum Gasteiger partial charge on any atom is 0.415 e. The van der Waals surface area contributed by atoms with Crippen molar-refractivity contribution in [2.24, 2.45) is 7.05 Å². The number of fused-ring (bicyclic) bond motifs is 1. The van der Waals surface area contributed by atoms with Crippen molar-refractivity contribution in [3.05, 3.63) is 61.8 Å². The second kappa shape index (κ2) is 8.71. The van der Waals surface area contributed by atoms with Gasteiger partial charge < -0.3 is 9.47 Å². The van der Waals surface area contributed by atoms with Crippen LogP contribution in [-0.4, -0.2) is 66.7 Å². The maximum absolute atomic E-state index is 11.8. The molecule has 0 aliphatic carbocycles. The number of hydrogen-bond acceptors (Lipinski definition) is 8. The third-order valence-electron chi connectivity index (χ3n) is 4.77. The third kappa shape index (κ3) is 4.05. The first-order valence-electron chi connectivity index (χ1n) is 9.46. The third-order valence-corrected chi connectivity index (χ3v) is 4.77. The molecule has 1 fully saturated rings. The van der Waals surface area contributed by atoms with E-state index in [1.807, 2.05) is 19.2 Å². The van der Waals surface area contributed by atoms with Gasteiger partial charge in [0, 0.05) is 42.9 Å². The lowest BCUT2D eigenvalue weighted by molar-refractivity contribution is -0.148. The number of ether oxygens (including phenoxy) is 2. The standard InChI is InChI=1S/C13H13N3O4.C7H6N4O/c1-15-10-4-3-9(5-8(10)6-14-15)16-7-11(12(17)19-2)20-13(16)18;12-7(10-3-1-8-5-10)11-4-2-9-6-11/h3-6,11H,7H2,1-2H3;1-6H/t11-;/m1./s1.